The van der Waals surface area contributed by atoms with Gasteiger partial charge in [0.15, 0.2) is 0 Å². The van der Waals surface area contributed by atoms with E-state index in [0.29, 0.717) is 12.1 Å². The topological polar surface area (TPSA) is 53.6 Å². The third-order valence-corrected chi connectivity index (χ3v) is 4.75. The monoisotopic (exact) mass is 267 g/mol. The Balaban J connectivity index is 1.44. The van der Waals surface area contributed by atoms with Gasteiger partial charge >= 0.3 is 0 Å². The molecule has 0 radical (unpaired) electrons. The molecule has 5 nitrogen and oxygen atoms in total. The van der Waals surface area contributed by atoms with Gasteiger partial charge in [-0.15, -0.1) is 0 Å². The van der Waals surface area contributed by atoms with Crippen molar-refractivity contribution in [2.75, 3.05) is 32.8 Å². The summed E-state index contributed by atoms with van der Waals surface area (Å²) < 4.78 is 5.69. The van der Waals surface area contributed by atoms with Crippen LogP contribution in [0.4, 0.5) is 0 Å². The first kappa shape index (κ1) is 13.3. The summed E-state index contributed by atoms with van der Waals surface area (Å²) in [4.78, 5) is 14.5. The molecule has 2 N–H and O–H groups in total. The fraction of sp³-hybridized carbons (Fsp3) is 0.929. The third kappa shape index (κ3) is 2.93. The van der Waals surface area contributed by atoms with E-state index in [-0.39, 0.29) is 18.1 Å². The standard InChI is InChI=1S/C14H25N3O2/c1-14(9-15-10-14)19-8-13(18)16-11-5-7-17-6-3-2-4-12(11)17/h11-12,15H,2-10H2,1H3,(H,16,18). The highest BCUT2D eigenvalue weighted by atomic mass is 16.5. The molecule has 108 valence electrons. The van der Waals surface area contributed by atoms with Crippen molar-refractivity contribution in [2.24, 2.45) is 0 Å². The first-order chi connectivity index (χ1) is 9.16. The Morgan fingerprint density at radius 1 is 1.37 bits per heavy atom. The Bertz CT molecular complexity index is 344. The molecule has 3 aliphatic heterocycles. The van der Waals surface area contributed by atoms with Gasteiger partial charge in [-0.1, -0.05) is 6.42 Å². The average Bonchev–Trinajstić information content (AvgIpc) is 2.78. The minimum absolute atomic E-state index is 0.0468. The number of fused-ring (bicyclic) bond motifs is 1. The van der Waals surface area contributed by atoms with Gasteiger partial charge in [0.25, 0.3) is 0 Å². The summed E-state index contributed by atoms with van der Waals surface area (Å²) in [6.45, 7) is 6.28. The predicted octanol–water partition coefficient (Wildman–Crippen LogP) is 0.108. The number of nitrogens with one attached hydrogen (secondary N) is 2. The van der Waals surface area contributed by atoms with Crippen molar-refractivity contribution < 1.29 is 9.53 Å². The van der Waals surface area contributed by atoms with E-state index in [1.54, 1.807) is 0 Å². The lowest BCUT2D eigenvalue weighted by molar-refractivity contribution is -0.136. The molecule has 3 rings (SSSR count). The van der Waals surface area contributed by atoms with Crippen LogP contribution < -0.4 is 10.6 Å². The molecule has 5 heteroatoms. The van der Waals surface area contributed by atoms with E-state index in [2.05, 4.69) is 22.5 Å². The number of amides is 1. The molecule has 0 saturated carbocycles. The Morgan fingerprint density at radius 3 is 2.95 bits per heavy atom. The van der Waals surface area contributed by atoms with Gasteiger partial charge in [0, 0.05) is 31.7 Å². The third-order valence-electron chi connectivity index (χ3n) is 4.75. The Kier molecular flexibility index (Phi) is 3.78. The van der Waals surface area contributed by atoms with Crippen LogP contribution in [0.2, 0.25) is 0 Å². The van der Waals surface area contributed by atoms with Gasteiger partial charge < -0.3 is 15.4 Å². The molecule has 0 aromatic rings. The minimum Gasteiger partial charge on any atom is -0.363 e. The van der Waals surface area contributed by atoms with Crippen LogP contribution in [0.5, 0.6) is 0 Å². The number of carbonyl (C=O) groups excluding carboxylic acids is 1. The maximum atomic E-state index is 12.0. The molecular weight excluding hydrogens is 242 g/mol. The lowest BCUT2D eigenvalue weighted by atomic mass is 9.99. The fourth-order valence-electron chi connectivity index (χ4n) is 3.48. The van der Waals surface area contributed by atoms with E-state index in [4.69, 9.17) is 4.74 Å². The summed E-state index contributed by atoms with van der Waals surface area (Å²) in [7, 11) is 0. The zero-order valence-corrected chi connectivity index (χ0v) is 11.8. The molecule has 3 fully saturated rings. The largest absolute Gasteiger partial charge is 0.363 e. The molecule has 19 heavy (non-hydrogen) atoms. The summed E-state index contributed by atoms with van der Waals surface area (Å²) in [6.07, 6.45) is 4.93. The van der Waals surface area contributed by atoms with Gasteiger partial charge in [-0.3, -0.25) is 9.69 Å². The van der Waals surface area contributed by atoms with Gasteiger partial charge in [0.1, 0.15) is 6.61 Å². The van der Waals surface area contributed by atoms with Gasteiger partial charge in [0.05, 0.1) is 5.60 Å². The van der Waals surface area contributed by atoms with Crippen molar-refractivity contribution in [3.8, 4) is 0 Å². The lowest BCUT2D eigenvalue weighted by Gasteiger charge is -2.39. The highest BCUT2D eigenvalue weighted by Gasteiger charge is 2.37. The van der Waals surface area contributed by atoms with Crippen LogP contribution >= 0.6 is 0 Å². The molecule has 0 aromatic heterocycles. The first-order valence-corrected chi connectivity index (χ1v) is 7.54. The Morgan fingerprint density at radius 2 is 2.21 bits per heavy atom. The summed E-state index contributed by atoms with van der Waals surface area (Å²) in [5.41, 5.74) is -0.135. The number of ether oxygens (including phenoxy) is 1. The molecule has 2 unspecified atom stereocenters. The van der Waals surface area contributed by atoms with Crippen LogP contribution in [0.15, 0.2) is 0 Å². The molecule has 1 amide bonds. The van der Waals surface area contributed by atoms with Gasteiger partial charge in [-0.2, -0.15) is 0 Å². The van der Waals surface area contributed by atoms with Gasteiger partial charge in [-0.25, -0.2) is 0 Å². The van der Waals surface area contributed by atoms with Crippen LogP contribution in [-0.4, -0.2) is 61.3 Å². The van der Waals surface area contributed by atoms with Crippen LogP contribution in [0.3, 0.4) is 0 Å². The highest BCUT2D eigenvalue weighted by molar-refractivity contribution is 5.77. The van der Waals surface area contributed by atoms with Gasteiger partial charge in [0.2, 0.25) is 5.91 Å². The quantitative estimate of drug-likeness (QED) is 0.759. The SMILES string of the molecule is CC1(OCC(=O)NC2CCN3CCCCC23)CNC1. The second-order valence-electron chi connectivity index (χ2n) is 6.40. The van der Waals surface area contributed by atoms with E-state index in [1.807, 2.05) is 0 Å². The molecule has 0 bridgehead atoms. The van der Waals surface area contributed by atoms with E-state index in [0.717, 1.165) is 26.1 Å². The zero-order chi connectivity index (χ0) is 13.3. The predicted molar refractivity (Wildman–Crippen MR) is 73.0 cm³/mol. The summed E-state index contributed by atoms with van der Waals surface area (Å²) in [5, 5.41) is 6.35. The molecular formula is C14H25N3O2. The average molecular weight is 267 g/mol. The number of hydrogen-bond acceptors (Lipinski definition) is 4. The Labute approximate surface area is 115 Å². The highest BCUT2D eigenvalue weighted by Crippen LogP contribution is 2.27. The second kappa shape index (κ2) is 5.38. The normalized spacial score (nSPS) is 33.5. The summed E-state index contributed by atoms with van der Waals surface area (Å²) in [5.74, 6) is 0.0468. The number of rotatable bonds is 4. The van der Waals surface area contributed by atoms with Crippen molar-refractivity contribution in [1.82, 2.24) is 15.5 Å². The molecule has 3 saturated heterocycles. The minimum atomic E-state index is -0.135. The zero-order valence-electron chi connectivity index (χ0n) is 11.8. The summed E-state index contributed by atoms with van der Waals surface area (Å²) in [6, 6.07) is 0.905. The van der Waals surface area contributed by atoms with Crippen molar-refractivity contribution in [1.29, 1.82) is 0 Å². The number of carbonyl (C=O) groups is 1. The Hall–Kier alpha value is -0.650. The van der Waals surface area contributed by atoms with Crippen molar-refractivity contribution in [3.63, 3.8) is 0 Å². The summed E-state index contributed by atoms with van der Waals surface area (Å²) >= 11 is 0. The fourth-order valence-corrected chi connectivity index (χ4v) is 3.48. The van der Waals surface area contributed by atoms with Crippen LogP contribution in [-0.2, 0) is 9.53 Å². The van der Waals surface area contributed by atoms with E-state index in [1.165, 1.54) is 25.8 Å². The van der Waals surface area contributed by atoms with Crippen LogP contribution in [0, 0.1) is 0 Å². The van der Waals surface area contributed by atoms with E-state index < -0.39 is 0 Å². The van der Waals surface area contributed by atoms with Crippen molar-refractivity contribution >= 4 is 5.91 Å². The molecule has 0 aliphatic carbocycles. The van der Waals surface area contributed by atoms with Crippen molar-refractivity contribution in [2.45, 2.75) is 50.3 Å². The smallest absolute Gasteiger partial charge is 0.246 e. The van der Waals surface area contributed by atoms with Crippen LogP contribution in [0.25, 0.3) is 0 Å². The molecule has 2 atom stereocenters. The first-order valence-electron chi connectivity index (χ1n) is 7.54. The molecule has 3 aliphatic rings. The van der Waals surface area contributed by atoms with E-state index >= 15 is 0 Å². The molecule has 0 spiro atoms. The maximum absolute atomic E-state index is 12.0. The maximum Gasteiger partial charge on any atom is 0.246 e. The number of nitrogens with zero attached hydrogens (tertiary/aromatic N) is 1. The van der Waals surface area contributed by atoms with Gasteiger partial charge in [-0.05, 0) is 32.7 Å². The van der Waals surface area contributed by atoms with Crippen molar-refractivity contribution in [3.05, 3.63) is 0 Å². The molecule has 0 aromatic carbocycles. The number of hydrogen-bond donors (Lipinski definition) is 2. The second-order valence-corrected chi connectivity index (χ2v) is 6.40. The van der Waals surface area contributed by atoms with Crippen LogP contribution in [0.1, 0.15) is 32.6 Å². The molecule has 3 heterocycles. The number of piperidine rings is 1. The van der Waals surface area contributed by atoms with E-state index in [9.17, 15) is 4.79 Å². The lowest BCUT2D eigenvalue weighted by Crippen LogP contribution is -2.60.